The molecule has 3 aromatic rings. The van der Waals surface area contributed by atoms with Gasteiger partial charge < -0.3 is 10.6 Å². The summed E-state index contributed by atoms with van der Waals surface area (Å²) in [5.41, 5.74) is 3.34. The smallest absolute Gasteiger partial charge is 0.319 e. The second-order valence-corrected chi connectivity index (χ2v) is 5.50. The molecule has 6 heteroatoms. The first-order chi connectivity index (χ1) is 11.7. The molecule has 0 aliphatic rings. The van der Waals surface area contributed by atoms with Gasteiger partial charge in [0.2, 0.25) is 0 Å². The summed E-state index contributed by atoms with van der Waals surface area (Å²) in [7, 11) is 0. The number of hydrogen-bond donors (Lipinski definition) is 2. The van der Waals surface area contributed by atoms with Gasteiger partial charge >= 0.3 is 6.03 Å². The first kappa shape index (κ1) is 16.0. The van der Waals surface area contributed by atoms with Crippen molar-refractivity contribution >= 4 is 23.3 Å². The van der Waals surface area contributed by atoms with Gasteiger partial charge in [0.1, 0.15) is 0 Å². The lowest BCUT2D eigenvalue weighted by molar-refractivity contribution is 0.252. The molecule has 0 spiro atoms. The number of carbonyl (C=O) groups is 1. The fraction of sp³-hybridized carbons (Fsp3) is 0.0556. The Morgan fingerprint density at radius 3 is 2.67 bits per heavy atom. The van der Waals surface area contributed by atoms with Crippen LogP contribution in [0, 0.1) is 0 Å². The zero-order chi connectivity index (χ0) is 16.8. The maximum atomic E-state index is 12.0. The van der Waals surface area contributed by atoms with Crippen molar-refractivity contribution in [1.82, 2.24) is 15.3 Å². The van der Waals surface area contributed by atoms with Crippen molar-refractivity contribution in [2.75, 3.05) is 5.32 Å². The Labute approximate surface area is 144 Å². The van der Waals surface area contributed by atoms with Crippen LogP contribution in [0.25, 0.3) is 11.3 Å². The molecule has 0 saturated carbocycles. The molecule has 0 aliphatic heterocycles. The van der Waals surface area contributed by atoms with Crippen molar-refractivity contribution in [2.45, 2.75) is 6.54 Å². The Balaban J connectivity index is 1.68. The van der Waals surface area contributed by atoms with Gasteiger partial charge in [0.25, 0.3) is 0 Å². The SMILES string of the molecule is O=C(NCc1cccnc1-c1ccncc1)Nc1cccc(Cl)c1. The second-order valence-electron chi connectivity index (χ2n) is 5.07. The summed E-state index contributed by atoms with van der Waals surface area (Å²) < 4.78 is 0. The van der Waals surface area contributed by atoms with Crippen LogP contribution in [0.4, 0.5) is 10.5 Å². The molecular formula is C18H15ClN4O. The predicted octanol–water partition coefficient (Wildman–Crippen LogP) is 4.12. The van der Waals surface area contributed by atoms with E-state index < -0.39 is 0 Å². The Hall–Kier alpha value is -2.92. The lowest BCUT2D eigenvalue weighted by Crippen LogP contribution is -2.28. The number of rotatable bonds is 4. The van der Waals surface area contributed by atoms with E-state index >= 15 is 0 Å². The van der Waals surface area contributed by atoms with Crippen molar-refractivity contribution < 1.29 is 4.79 Å². The minimum Gasteiger partial charge on any atom is -0.334 e. The topological polar surface area (TPSA) is 66.9 Å². The molecule has 24 heavy (non-hydrogen) atoms. The Bertz CT molecular complexity index is 839. The number of pyridine rings is 2. The largest absolute Gasteiger partial charge is 0.334 e. The first-order valence-corrected chi connectivity index (χ1v) is 7.75. The number of carbonyl (C=O) groups excluding carboxylic acids is 1. The normalized spacial score (nSPS) is 10.2. The number of hydrogen-bond acceptors (Lipinski definition) is 3. The van der Waals surface area contributed by atoms with Crippen LogP contribution in [-0.4, -0.2) is 16.0 Å². The number of amides is 2. The zero-order valence-corrected chi connectivity index (χ0v) is 13.5. The molecule has 1 aromatic carbocycles. The van der Waals surface area contributed by atoms with E-state index in [1.54, 1.807) is 42.9 Å². The van der Waals surface area contributed by atoms with E-state index in [-0.39, 0.29) is 6.03 Å². The summed E-state index contributed by atoms with van der Waals surface area (Å²) >= 11 is 5.90. The highest BCUT2D eigenvalue weighted by Gasteiger charge is 2.08. The fourth-order valence-corrected chi connectivity index (χ4v) is 2.46. The lowest BCUT2D eigenvalue weighted by atomic mass is 10.1. The molecule has 2 amide bonds. The quantitative estimate of drug-likeness (QED) is 0.752. The number of nitrogens with one attached hydrogen (secondary N) is 2. The summed E-state index contributed by atoms with van der Waals surface area (Å²) in [6.45, 7) is 0.359. The standard InChI is InChI=1S/C18H15ClN4O/c19-15-4-1-5-16(11-15)23-18(24)22-12-14-3-2-8-21-17(14)13-6-9-20-10-7-13/h1-11H,12H2,(H2,22,23,24). The van der Waals surface area contributed by atoms with Gasteiger partial charge in [-0.1, -0.05) is 23.7 Å². The van der Waals surface area contributed by atoms with E-state index in [0.29, 0.717) is 17.3 Å². The highest BCUT2D eigenvalue weighted by atomic mass is 35.5. The number of anilines is 1. The van der Waals surface area contributed by atoms with Gasteiger partial charge in [0.05, 0.1) is 5.69 Å². The first-order valence-electron chi connectivity index (χ1n) is 7.37. The summed E-state index contributed by atoms with van der Waals surface area (Å²) in [5.74, 6) is 0. The molecule has 5 nitrogen and oxygen atoms in total. The van der Waals surface area contributed by atoms with Gasteiger partial charge in [0.15, 0.2) is 0 Å². The van der Waals surface area contributed by atoms with Crippen LogP contribution >= 0.6 is 11.6 Å². The van der Waals surface area contributed by atoms with Crippen LogP contribution in [-0.2, 0) is 6.54 Å². The lowest BCUT2D eigenvalue weighted by Gasteiger charge is -2.11. The minimum absolute atomic E-state index is 0.304. The number of nitrogens with zero attached hydrogens (tertiary/aromatic N) is 2. The highest BCUT2D eigenvalue weighted by Crippen LogP contribution is 2.20. The van der Waals surface area contributed by atoms with E-state index in [0.717, 1.165) is 16.8 Å². The van der Waals surface area contributed by atoms with Gasteiger partial charge in [-0.05, 0) is 42.0 Å². The molecular weight excluding hydrogens is 324 g/mol. The third-order valence-electron chi connectivity index (χ3n) is 3.37. The van der Waals surface area contributed by atoms with Gasteiger partial charge in [-0.2, -0.15) is 0 Å². The molecule has 0 radical (unpaired) electrons. The number of aromatic nitrogens is 2. The summed E-state index contributed by atoms with van der Waals surface area (Å²) in [6, 6.07) is 14.2. The van der Waals surface area contributed by atoms with Crippen molar-refractivity contribution in [2.24, 2.45) is 0 Å². The van der Waals surface area contributed by atoms with E-state index in [2.05, 4.69) is 20.6 Å². The molecule has 2 heterocycles. The third kappa shape index (κ3) is 4.08. The van der Waals surface area contributed by atoms with Gasteiger partial charge in [-0.3, -0.25) is 9.97 Å². The maximum absolute atomic E-state index is 12.0. The van der Waals surface area contributed by atoms with E-state index in [9.17, 15) is 4.79 Å². The molecule has 0 fully saturated rings. The summed E-state index contributed by atoms with van der Waals surface area (Å²) in [4.78, 5) is 20.5. The molecule has 0 atom stereocenters. The van der Waals surface area contributed by atoms with Crippen molar-refractivity contribution in [3.63, 3.8) is 0 Å². The van der Waals surface area contributed by atoms with E-state index in [4.69, 9.17) is 11.6 Å². The number of halogens is 1. The monoisotopic (exact) mass is 338 g/mol. The van der Waals surface area contributed by atoms with Crippen molar-refractivity contribution in [1.29, 1.82) is 0 Å². The number of benzene rings is 1. The Morgan fingerprint density at radius 1 is 1.04 bits per heavy atom. The fourth-order valence-electron chi connectivity index (χ4n) is 2.27. The van der Waals surface area contributed by atoms with Crippen LogP contribution in [0.2, 0.25) is 5.02 Å². The molecule has 120 valence electrons. The van der Waals surface area contributed by atoms with Gasteiger partial charge in [-0.15, -0.1) is 0 Å². The van der Waals surface area contributed by atoms with Crippen LogP contribution in [0.5, 0.6) is 0 Å². The van der Waals surface area contributed by atoms with Crippen LogP contribution in [0.3, 0.4) is 0 Å². The molecule has 0 saturated heterocycles. The van der Waals surface area contributed by atoms with Crippen LogP contribution in [0.15, 0.2) is 67.1 Å². The average Bonchev–Trinajstić information content (AvgIpc) is 2.61. The van der Waals surface area contributed by atoms with E-state index in [1.807, 2.05) is 24.3 Å². The maximum Gasteiger partial charge on any atom is 0.319 e. The van der Waals surface area contributed by atoms with Crippen LogP contribution in [0.1, 0.15) is 5.56 Å². The predicted molar refractivity (Wildman–Crippen MR) is 94.8 cm³/mol. The second kappa shape index (κ2) is 7.57. The summed E-state index contributed by atoms with van der Waals surface area (Å²) in [6.07, 6.45) is 5.16. The van der Waals surface area contributed by atoms with Crippen LogP contribution < -0.4 is 10.6 Å². The molecule has 0 aliphatic carbocycles. The molecule has 0 unspecified atom stereocenters. The van der Waals surface area contributed by atoms with Gasteiger partial charge in [-0.25, -0.2) is 4.79 Å². The Kier molecular flexibility index (Phi) is 5.03. The van der Waals surface area contributed by atoms with Crippen molar-refractivity contribution in [3.8, 4) is 11.3 Å². The zero-order valence-electron chi connectivity index (χ0n) is 12.7. The summed E-state index contributed by atoms with van der Waals surface area (Å²) in [5, 5.41) is 6.15. The van der Waals surface area contributed by atoms with Crippen molar-refractivity contribution in [3.05, 3.63) is 77.7 Å². The third-order valence-corrected chi connectivity index (χ3v) is 3.60. The molecule has 0 bridgehead atoms. The average molecular weight is 339 g/mol. The molecule has 2 aromatic heterocycles. The number of urea groups is 1. The molecule has 2 N–H and O–H groups in total. The minimum atomic E-state index is -0.304. The van der Waals surface area contributed by atoms with Gasteiger partial charge in [0, 0.05) is 41.4 Å². The molecule has 3 rings (SSSR count). The highest BCUT2D eigenvalue weighted by molar-refractivity contribution is 6.30. The van der Waals surface area contributed by atoms with E-state index in [1.165, 1.54) is 0 Å². The Morgan fingerprint density at radius 2 is 1.88 bits per heavy atom.